The second-order valence-electron chi connectivity index (χ2n) is 5.79. The average Bonchev–Trinajstić information content (AvgIpc) is 2.70. The third-order valence-corrected chi connectivity index (χ3v) is 4.34. The first-order valence-electron chi connectivity index (χ1n) is 7.90. The van der Waals surface area contributed by atoms with Crippen molar-refractivity contribution in [3.63, 3.8) is 0 Å². The number of hydrogen-bond donors (Lipinski definition) is 1. The molecule has 0 fully saturated rings. The Bertz CT molecular complexity index is 464. The monoisotopic (exact) mass is 291 g/mol. The van der Waals surface area contributed by atoms with Crippen LogP contribution in [0.1, 0.15) is 62.6 Å². The van der Waals surface area contributed by atoms with Crippen LogP contribution in [-0.2, 0) is 0 Å². The summed E-state index contributed by atoms with van der Waals surface area (Å²) in [5, 5.41) is 4.58. The van der Waals surface area contributed by atoms with Crippen molar-refractivity contribution in [1.29, 1.82) is 0 Å². The molecular weight excluding hydrogens is 266 g/mol. The Kier molecular flexibility index (Phi) is 6.12. The van der Waals surface area contributed by atoms with Gasteiger partial charge in [0, 0.05) is 5.02 Å². The van der Waals surface area contributed by atoms with E-state index in [2.05, 4.69) is 43.4 Å². The Morgan fingerprint density at radius 1 is 1.25 bits per heavy atom. The number of rotatable bonds is 5. The quantitative estimate of drug-likeness (QED) is 0.698. The minimum Gasteiger partial charge on any atom is -0.306 e. The van der Waals surface area contributed by atoms with Gasteiger partial charge in [0.2, 0.25) is 0 Å². The van der Waals surface area contributed by atoms with Gasteiger partial charge in [0.1, 0.15) is 0 Å². The topological polar surface area (TPSA) is 12.0 Å². The minimum absolute atomic E-state index is 0.293. The van der Waals surface area contributed by atoms with Gasteiger partial charge in [-0.3, -0.25) is 0 Å². The molecule has 1 N–H and O–H groups in total. The lowest BCUT2D eigenvalue weighted by atomic mass is 9.94. The Hall–Kier alpha value is -0.790. The van der Waals surface area contributed by atoms with Crippen LogP contribution in [0.25, 0.3) is 0 Å². The summed E-state index contributed by atoms with van der Waals surface area (Å²) in [6.45, 7) is 5.34. The zero-order chi connectivity index (χ0) is 14.4. The molecule has 1 nitrogen and oxygen atoms in total. The van der Waals surface area contributed by atoms with Crippen LogP contribution < -0.4 is 5.32 Å². The predicted molar refractivity (Wildman–Crippen MR) is 88.4 cm³/mol. The highest BCUT2D eigenvalue weighted by Gasteiger charge is 2.19. The number of allylic oxidation sites excluding steroid dienone is 1. The Morgan fingerprint density at radius 3 is 2.85 bits per heavy atom. The van der Waals surface area contributed by atoms with Crippen molar-refractivity contribution in [3.8, 4) is 0 Å². The van der Waals surface area contributed by atoms with Gasteiger partial charge >= 0.3 is 0 Å². The first-order chi connectivity index (χ1) is 9.72. The average molecular weight is 292 g/mol. The lowest BCUT2D eigenvalue weighted by Crippen LogP contribution is -2.24. The molecule has 1 aliphatic rings. The van der Waals surface area contributed by atoms with Crippen molar-refractivity contribution in [2.24, 2.45) is 0 Å². The van der Waals surface area contributed by atoms with E-state index in [-0.39, 0.29) is 0 Å². The summed E-state index contributed by atoms with van der Waals surface area (Å²) < 4.78 is 0. The molecule has 0 saturated carbocycles. The van der Waals surface area contributed by atoms with Gasteiger partial charge in [-0.25, -0.2) is 0 Å². The summed E-state index contributed by atoms with van der Waals surface area (Å²) in [4.78, 5) is 0. The Labute approximate surface area is 128 Å². The third-order valence-electron chi connectivity index (χ3n) is 4.01. The second-order valence-corrected chi connectivity index (χ2v) is 6.20. The molecule has 0 amide bonds. The minimum atomic E-state index is 0.293. The van der Waals surface area contributed by atoms with Gasteiger partial charge in [-0.05, 0) is 62.8 Å². The van der Waals surface area contributed by atoms with Crippen molar-refractivity contribution >= 4 is 11.6 Å². The van der Waals surface area contributed by atoms with Crippen LogP contribution in [0.2, 0.25) is 5.02 Å². The van der Waals surface area contributed by atoms with E-state index in [0.717, 1.165) is 18.0 Å². The van der Waals surface area contributed by atoms with Crippen molar-refractivity contribution in [2.45, 2.75) is 58.4 Å². The molecule has 1 atom stereocenters. The maximum atomic E-state index is 6.50. The van der Waals surface area contributed by atoms with Crippen LogP contribution in [0.15, 0.2) is 29.8 Å². The number of benzene rings is 1. The lowest BCUT2D eigenvalue weighted by Gasteiger charge is -2.23. The highest BCUT2D eigenvalue weighted by molar-refractivity contribution is 6.31. The molecule has 1 aliphatic carbocycles. The van der Waals surface area contributed by atoms with Gasteiger partial charge in [-0.15, -0.1) is 0 Å². The van der Waals surface area contributed by atoms with Crippen LogP contribution in [0.5, 0.6) is 0 Å². The number of halogens is 1. The number of aryl methyl sites for hydroxylation is 1. The van der Waals surface area contributed by atoms with Crippen molar-refractivity contribution < 1.29 is 0 Å². The van der Waals surface area contributed by atoms with Crippen LogP contribution in [0.3, 0.4) is 0 Å². The summed E-state index contributed by atoms with van der Waals surface area (Å²) in [5.41, 5.74) is 3.99. The molecule has 2 heteroatoms. The van der Waals surface area contributed by atoms with Gasteiger partial charge in [0.05, 0.1) is 6.04 Å². The van der Waals surface area contributed by atoms with Gasteiger partial charge < -0.3 is 5.32 Å². The van der Waals surface area contributed by atoms with Gasteiger partial charge in [-0.2, -0.15) is 0 Å². The molecular formula is C18H26ClN. The zero-order valence-corrected chi connectivity index (χ0v) is 13.5. The third kappa shape index (κ3) is 4.10. The van der Waals surface area contributed by atoms with E-state index in [4.69, 9.17) is 11.6 Å². The molecule has 0 saturated heterocycles. The summed E-state index contributed by atoms with van der Waals surface area (Å²) >= 11 is 6.50. The molecule has 0 radical (unpaired) electrons. The second kappa shape index (κ2) is 7.85. The van der Waals surface area contributed by atoms with E-state index in [0.29, 0.717) is 6.04 Å². The van der Waals surface area contributed by atoms with E-state index < -0.39 is 0 Å². The summed E-state index contributed by atoms with van der Waals surface area (Å²) in [7, 11) is 0. The summed E-state index contributed by atoms with van der Waals surface area (Å²) in [6.07, 6.45) is 9.98. The Balaban J connectivity index is 2.28. The van der Waals surface area contributed by atoms with Gasteiger partial charge in [-0.1, -0.05) is 48.7 Å². The fourth-order valence-electron chi connectivity index (χ4n) is 2.90. The van der Waals surface area contributed by atoms with Crippen LogP contribution >= 0.6 is 11.6 Å². The van der Waals surface area contributed by atoms with Crippen LogP contribution in [0.4, 0.5) is 0 Å². The molecule has 0 bridgehead atoms. The van der Waals surface area contributed by atoms with E-state index >= 15 is 0 Å². The molecule has 0 aromatic heterocycles. The zero-order valence-electron chi connectivity index (χ0n) is 12.7. The molecule has 1 unspecified atom stereocenters. The number of nitrogens with one attached hydrogen (secondary N) is 1. The molecule has 0 aliphatic heterocycles. The predicted octanol–water partition coefficient (Wildman–Crippen LogP) is 5.58. The Morgan fingerprint density at radius 2 is 2.10 bits per heavy atom. The maximum absolute atomic E-state index is 6.50. The molecule has 0 spiro atoms. The van der Waals surface area contributed by atoms with Crippen molar-refractivity contribution in [3.05, 3.63) is 46.0 Å². The first kappa shape index (κ1) is 15.6. The molecule has 0 heterocycles. The lowest BCUT2D eigenvalue weighted by molar-refractivity contribution is 0.567. The molecule has 110 valence electrons. The van der Waals surface area contributed by atoms with Crippen LogP contribution in [0, 0.1) is 6.92 Å². The highest BCUT2D eigenvalue weighted by atomic mass is 35.5. The summed E-state index contributed by atoms with van der Waals surface area (Å²) in [6, 6.07) is 6.73. The fraction of sp³-hybridized carbons (Fsp3) is 0.556. The van der Waals surface area contributed by atoms with E-state index in [1.54, 1.807) is 0 Å². The standard InChI is InChI=1S/C18H26ClN/c1-3-12-20-18(15-8-6-4-5-7-9-15)16-11-10-14(2)13-17(16)19/h8,10-11,13,18,20H,3-7,9,12H2,1-2H3. The normalized spacial score (nSPS) is 17.4. The summed E-state index contributed by atoms with van der Waals surface area (Å²) in [5.74, 6) is 0. The van der Waals surface area contributed by atoms with Crippen molar-refractivity contribution in [2.75, 3.05) is 6.54 Å². The maximum Gasteiger partial charge on any atom is 0.0550 e. The molecule has 1 aromatic carbocycles. The van der Waals surface area contributed by atoms with Gasteiger partial charge in [0.25, 0.3) is 0 Å². The first-order valence-corrected chi connectivity index (χ1v) is 8.28. The van der Waals surface area contributed by atoms with Crippen LogP contribution in [-0.4, -0.2) is 6.54 Å². The van der Waals surface area contributed by atoms with Crippen molar-refractivity contribution in [1.82, 2.24) is 5.32 Å². The SMILES string of the molecule is CCCNC(C1=CCCCCC1)c1ccc(C)cc1Cl. The molecule has 2 rings (SSSR count). The molecule has 20 heavy (non-hydrogen) atoms. The fourth-order valence-corrected chi connectivity index (χ4v) is 3.24. The van der Waals surface area contributed by atoms with E-state index in [9.17, 15) is 0 Å². The largest absolute Gasteiger partial charge is 0.306 e. The molecule has 1 aromatic rings. The highest BCUT2D eigenvalue weighted by Crippen LogP contribution is 2.33. The smallest absolute Gasteiger partial charge is 0.0550 e. The van der Waals surface area contributed by atoms with E-state index in [1.165, 1.54) is 48.8 Å². The number of hydrogen-bond acceptors (Lipinski definition) is 1. The van der Waals surface area contributed by atoms with Gasteiger partial charge in [0.15, 0.2) is 0 Å². The van der Waals surface area contributed by atoms with E-state index in [1.807, 2.05) is 0 Å².